The van der Waals surface area contributed by atoms with Crippen LogP contribution < -0.4 is 0 Å². The number of ketones is 1. The molecule has 0 fully saturated rings. The molecular formula is C12H13ClO2. The predicted octanol–water partition coefficient (Wildman–Crippen LogP) is 4.01. The van der Waals surface area contributed by atoms with Crippen molar-refractivity contribution in [2.24, 2.45) is 0 Å². The first kappa shape index (κ1) is 10.5. The summed E-state index contributed by atoms with van der Waals surface area (Å²) >= 11 is 5.64. The molecule has 80 valence electrons. The number of hydrogen-bond acceptors (Lipinski definition) is 2. The van der Waals surface area contributed by atoms with E-state index >= 15 is 0 Å². The van der Waals surface area contributed by atoms with Gasteiger partial charge in [0.05, 0.1) is 0 Å². The Kier molecular flexibility index (Phi) is 3.27. The minimum atomic E-state index is -0.0104. The number of hydrogen-bond donors (Lipinski definition) is 0. The van der Waals surface area contributed by atoms with Crippen LogP contribution in [0.4, 0.5) is 0 Å². The maximum Gasteiger partial charge on any atom is 0.223 e. The Bertz CT molecular complexity index is 390. The third kappa shape index (κ3) is 2.51. The van der Waals surface area contributed by atoms with Gasteiger partial charge in [-0.1, -0.05) is 12.5 Å². The zero-order valence-electron chi connectivity index (χ0n) is 8.46. The summed E-state index contributed by atoms with van der Waals surface area (Å²) in [6.45, 7) is 0. The predicted molar refractivity (Wildman–Crippen MR) is 59.2 cm³/mol. The minimum Gasteiger partial charge on any atom is -0.441 e. The van der Waals surface area contributed by atoms with Gasteiger partial charge < -0.3 is 4.42 Å². The molecular weight excluding hydrogens is 212 g/mol. The lowest BCUT2D eigenvalue weighted by Gasteiger charge is -2.00. The number of rotatable bonds is 2. The number of halogens is 1. The molecule has 1 aromatic heterocycles. The van der Waals surface area contributed by atoms with Gasteiger partial charge in [-0.2, -0.15) is 0 Å². The lowest BCUT2D eigenvalue weighted by molar-refractivity contribution is 0.100. The van der Waals surface area contributed by atoms with E-state index in [1.165, 1.54) is 12.8 Å². The lowest BCUT2D eigenvalue weighted by atomic mass is 10.0. The van der Waals surface area contributed by atoms with Gasteiger partial charge in [-0.3, -0.25) is 4.79 Å². The maximum atomic E-state index is 11.9. The topological polar surface area (TPSA) is 30.2 Å². The average Bonchev–Trinajstić information content (AvgIpc) is 2.53. The maximum absolute atomic E-state index is 11.9. The molecule has 0 atom stereocenters. The van der Waals surface area contributed by atoms with Gasteiger partial charge >= 0.3 is 0 Å². The van der Waals surface area contributed by atoms with E-state index in [2.05, 4.69) is 0 Å². The van der Waals surface area contributed by atoms with Crippen LogP contribution in [-0.2, 0) is 0 Å². The van der Waals surface area contributed by atoms with E-state index < -0.39 is 0 Å². The van der Waals surface area contributed by atoms with Crippen molar-refractivity contribution in [3.63, 3.8) is 0 Å². The van der Waals surface area contributed by atoms with Gasteiger partial charge in [-0.15, -0.1) is 0 Å². The summed E-state index contributed by atoms with van der Waals surface area (Å²) in [5.41, 5.74) is 0.874. The second-order valence-electron chi connectivity index (χ2n) is 3.76. The van der Waals surface area contributed by atoms with E-state index in [-0.39, 0.29) is 11.0 Å². The van der Waals surface area contributed by atoms with Gasteiger partial charge in [0.2, 0.25) is 5.78 Å². The Labute approximate surface area is 93.9 Å². The molecule has 0 aliphatic heterocycles. The highest BCUT2D eigenvalue weighted by molar-refractivity contribution is 6.29. The van der Waals surface area contributed by atoms with Crippen molar-refractivity contribution < 1.29 is 9.21 Å². The molecule has 0 radical (unpaired) electrons. The first-order valence-corrected chi connectivity index (χ1v) is 5.64. The summed E-state index contributed by atoms with van der Waals surface area (Å²) in [6.07, 6.45) is 7.35. The van der Waals surface area contributed by atoms with Crippen molar-refractivity contribution in [3.05, 3.63) is 34.8 Å². The zero-order chi connectivity index (χ0) is 10.7. The number of Topliss-reactive ketones (excluding diaryl/α,β-unsaturated/α-hetero) is 1. The molecule has 2 rings (SSSR count). The Morgan fingerprint density at radius 3 is 2.87 bits per heavy atom. The van der Waals surface area contributed by atoms with Gasteiger partial charge in [-0.25, -0.2) is 0 Å². The quantitative estimate of drug-likeness (QED) is 0.711. The van der Waals surface area contributed by atoms with Crippen molar-refractivity contribution in [2.75, 3.05) is 0 Å². The largest absolute Gasteiger partial charge is 0.441 e. The summed E-state index contributed by atoms with van der Waals surface area (Å²) in [5.74, 6) is 0.344. The van der Waals surface area contributed by atoms with Crippen molar-refractivity contribution in [3.8, 4) is 0 Å². The molecule has 0 saturated heterocycles. The number of allylic oxidation sites excluding steroid dienone is 2. The third-order valence-electron chi connectivity index (χ3n) is 2.63. The number of carbonyl (C=O) groups is 1. The van der Waals surface area contributed by atoms with Crippen molar-refractivity contribution in [1.29, 1.82) is 0 Å². The van der Waals surface area contributed by atoms with E-state index in [1.54, 1.807) is 12.1 Å². The average molecular weight is 225 g/mol. The molecule has 0 amide bonds. The SMILES string of the molecule is O=C(C1=CCCCCC1)c1ccc(Cl)o1. The molecule has 0 spiro atoms. The lowest BCUT2D eigenvalue weighted by Crippen LogP contribution is -2.01. The van der Waals surface area contributed by atoms with Crippen LogP contribution in [0.2, 0.25) is 5.22 Å². The number of furan rings is 1. The van der Waals surface area contributed by atoms with Crippen LogP contribution >= 0.6 is 11.6 Å². The van der Waals surface area contributed by atoms with Crippen LogP contribution in [0.5, 0.6) is 0 Å². The van der Waals surface area contributed by atoms with Gasteiger partial charge in [0.1, 0.15) is 0 Å². The van der Waals surface area contributed by atoms with Gasteiger partial charge in [0.15, 0.2) is 11.0 Å². The third-order valence-corrected chi connectivity index (χ3v) is 2.83. The molecule has 0 unspecified atom stereocenters. The van der Waals surface area contributed by atoms with E-state index in [4.69, 9.17) is 16.0 Å². The molecule has 1 heterocycles. The fraction of sp³-hybridized carbons (Fsp3) is 0.417. The van der Waals surface area contributed by atoms with Gasteiger partial charge in [-0.05, 0) is 55.0 Å². The monoisotopic (exact) mass is 224 g/mol. The smallest absolute Gasteiger partial charge is 0.223 e. The summed E-state index contributed by atoms with van der Waals surface area (Å²) in [6, 6.07) is 3.24. The van der Waals surface area contributed by atoms with Crippen LogP contribution in [0.3, 0.4) is 0 Å². The minimum absolute atomic E-state index is 0.0104. The van der Waals surface area contributed by atoms with E-state index in [0.29, 0.717) is 5.76 Å². The first-order chi connectivity index (χ1) is 7.27. The Hall–Kier alpha value is -1.02. The van der Waals surface area contributed by atoms with Crippen molar-refractivity contribution in [2.45, 2.75) is 32.1 Å². The van der Waals surface area contributed by atoms with Crippen LogP contribution in [-0.4, -0.2) is 5.78 Å². The molecule has 0 bridgehead atoms. The summed E-state index contributed by atoms with van der Waals surface area (Å²) in [5, 5.41) is 0.271. The van der Waals surface area contributed by atoms with Crippen LogP contribution in [0, 0.1) is 0 Å². The van der Waals surface area contributed by atoms with Gasteiger partial charge in [0, 0.05) is 0 Å². The van der Waals surface area contributed by atoms with Crippen LogP contribution in [0.15, 0.2) is 28.2 Å². The highest BCUT2D eigenvalue weighted by atomic mass is 35.5. The molecule has 1 aliphatic rings. The van der Waals surface area contributed by atoms with Gasteiger partial charge in [0.25, 0.3) is 0 Å². The molecule has 1 aliphatic carbocycles. The molecule has 2 nitrogen and oxygen atoms in total. The highest BCUT2D eigenvalue weighted by Crippen LogP contribution is 2.22. The Balaban J connectivity index is 2.16. The van der Waals surface area contributed by atoms with Crippen molar-refractivity contribution >= 4 is 17.4 Å². The molecule has 0 saturated carbocycles. The molecule has 0 aromatic carbocycles. The Morgan fingerprint density at radius 2 is 2.13 bits per heavy atom. The zero-order valence-corrected chi connectivity index (χ0v) is 9.22. The molecule has 1 aromatic rings. The summed E-state index contributed by atoms with van der Waals surface area (Å²) in [7, 11) is 0. The second-order valence-corrected chi connectivity index (χ2v) is 4.13. The van der Waals surface area contributed by atoms with Crippen LogP contribution in [0.25, 0.3) is 0 Å². The standard InChI is InChI=1S/C12H13ClO2/c13-11-8-7-10(15-11)12(14)9-5-3-1-2-4-6-9/h5,7-8H,1-4,6H2. The fourth-order valence-corrected chi connectivity index (χ4v) is 1.96. The van der Waals surface area contributed by atoms with E-state index in [0.717, 1.165) is 24.8 Å². The van der Waals surface area contributed by atoms with E-state index in [1.807, 2.05) is 6.08 Å². The highest BCUT2D eigenvalue weighted by Gasteiger charge is 2.16. The molecule has 3 heteroatoms. The Morgan fingerprint density at radius 1 is 1.27 bits per heavy atom. The fourth-order valence-electron chi connectivity index (χ4n) is 1.82. The van der Waals surface area contributed by atoms with E-state index in [9.17, 15) is 4.79 Å². The molecule has 0 N–H and O–H groups in total. The normalized spacial score (nSPS) is 17.0. The first-order valence-electron chi connectivity index (χ1n) is 5.26. The molecule has 15 heavy (non-hydrogen) atoms. The van der Waals surface area contributed by atoms with Crippen molar-refractivity contribution in [1.82, 2.24) is 0 Å². The summed E-state index contributed by atoms with van der Waals surface area (Å²) < 4.78 is 5.11. The van der Waals surface area contributed by atoms with Crippen LogP contribution in [0.1, 0.15) is 42.7 Å². The number of carbonyl (C=O) groups excluding carboxylic acids is 1. The second kappa shape index (κ2) is 4.67. The summed E-state index contributed by atoms with van der Waals surface area (Å²) in [4.78, 5) is 11.9.